The molecular weight excluding hydrogens is 336 g/mol. The van der Waals surface area contributed by atoms with Gasteiger partial charge in [0.05, 0.1) is 16.8 Å². The summed E-state index contributed by atoms with van der Waals surface area (Å²) < 4.78 is 0. The summed E-state index contributed by atoms with van der Waals surface area (Å²) in [5.74, 6) is -0.0517. The van der Waals surface area contributed by atoms with Crippen LogP contribution in [0.15, 0.2) is 47.6 Å². The van der Waals surface area contributed by atoms with Gasteiger partial charge in [-0.05, 0) is 42.8 Å². The molecule has 3 rings (SSSR count). The number of anilines is 2. The quantitative estimate of drug-likeness (QED) is 0.612. The van der Waals surface area contributed by atoms with Crippen molar-refractivity contribution in [3.8, 4) is 0 Å². The molecular formula is C18H18N4O2S. The monoisotopic (exact) mass is 354 g/mol. The fourth-order valence-corrected chi connectivity index (χ4v) is 3.06. The van der Waals surface area contributed by atoms with Crippen molar-refractivity contribution in [2.45, 2.75) is 19.0 Å². The number of fused-ring (bicyclic) bond motifs is 1. The number of amides is 2. The van der Waals surface area contributed by atoms with Crippen molar-refractivity contribution in [2.24, 2.45) is 0 Å². The predicted octanol–water partition coefficient (Wildman–Crippen LogP) is 3.56. The van der Waals surface area contributed by atoms with Crippen LogP contribution in [0, 0.1) is 6.92 Å². The van der Waals surface area contributed by atoms with E-state index in [1.165, 1.54) is 18.7 Å². The van der Waals surface area contributed by atoms with Crippen molar-refractivity contribution in [1.82, 2.24) is 9.97 Å². The molecule has 7 heteroatoms. The first-order valence-electron chi connectivity index (χ1n) is 7.76. The summed E-state index contributed by atoms with van der Waals surface area (Å²) >= 11 is 1.35. The van der Waals surface area contributed by atoms with Crippen LogP contribution >= 0.6 is 11.8 Å². The molecule has 0 saturated heterocycles. The minimum Gasteiger partial charge on any atom is -0.333 e. The molecule has 128 valence electrons. The number of carbonyl (C=O) groups excluding carboxylic acids is 2. The van der Waals surface area contributed by atoms with E-state index in [4.69, 9.17) is 0 Å². The fourth-order valence-electron chi connectivity index (χ4n) is 2.38. The average Bonchev–Trinajstić information content (AvgIpc) is 2.94. The molecule has 1 aromatic heterocycles. The third kappa shape index (κ3) is 4.60. The molecule has 0 bridgehead atoms. The number of thioether (sulfide) groups is 1. The number of H-pyrrole nitrogens is 1. The highest BCUT2D eigenvalue weighted by atomic mass is 32.2. The molecule has 0 aliphatic carbocycles. The molecule has 0 fully saturated rings. The molecule has 0 saturated carbocycles. The first kappa shape index (κ1) is 17.0. The van der Waals surface area contributed by atoms with E-state index in [0.717, 1.165) is 16.6 Å². The van der Waals surface area contributed by atoms with Gasteiger partial charge in [0.1, 0.15) is 0 Å². The lowest BCUT2D eigenvalue weighted by atomic mass is 10.2. The van der Waals surface area contributed by atoms with Crippen molar-refractivity contribution in [1.29, 1.82) is 0 Å². The number of hydrogen-bond acceptors (Lipinski definition) is 4. The Balaban J connectivity index is 1.59. The summed E-state index contributed by atoms with van der Waals surface area (Å²) in [6.45, 7) is 3.46. The third-order valence-corrected chi connectivity index (χ3v) is 4.30. The second-order valence-corrected chi connectivity index (χ2v) is 6.63. The number of nitrogens with one attached hydrogen (secondary N) is 3. The minimum absolute atomic E-state index is 0.137. The van der Waals surface area contributed by atoms with E-state index in [1.807, 2.05) is 25.1 Å². The second-order valence-electron chi connectivity index (χ2n) is 5.66. The summed E-state index contributed by atoms with van der Waals surface area (Å²) in [6.07, 6.45) is 0. The highest BCUT2D eigenvalue weighted by molar-refractivity contribution is 7.99. The zero-order valence-corrected chi connectivity index (χ0v) is 14.7. The fraction of sp³-hybridized carbons (Fsp3) is 0.167. The lowest BCUT2D eigenvalue weighted by Gasteiger charge is -2.07. The van der Waals surface area contributed by atoms with E-state index in [1.54, 1.807) is 24.3 Å². The SMILES string of the molecule is CC(=O)Nc1cccc(NC(=O)CSc2nc3ccc(C)cc3[nH]2)c1. The van der Waals surface area contributed by atoms with Crippen LogP contribution in [-0.2, 0) is 9.59 Å². The Morgan fingerprint density at radius 2 is 1.88 bits per heavy atom. The van der Waals surface area contributed by atoms with E-state index in [9.17, 15) is 9.59 Å². The van der Waals surface area contributed by atoms with Gasteiger partial charge in [-0.2, -0.15) is 0 Å². The van der Waals surface area contributed by atoms with Gasteiger partial charge < -0.3 is 15.6 Å². The molecule has 0 unspecified atom stereocenters. The van der Waals surface area contributed by atoms with Gasteiger partial charge in [-0.1, -0.05) is 23.9 Å². The molecule has 0 atom stereocenters. The Morgan fingerprint density at radius 3 is 2.64 bits per heavy atom. The summed E-state index contributed by atoms with van der Waals surface area (Å²) in [7, 11) is 0. The Morgan fingerprint density at radius 1 is 1.12 bits per heavy atom. The zero-order valence-electron chi connectivity index (χ0n) is 13.9. The molecule has 1 heterocycles. The average molecular weight is 354 g/mol. The molecule has 0 aliphatic rings. The lowest BCUT2D eigenvalue weighted by Crippen LogP contribution is -2.14. The van der Waals surface area contributed by atoms with E-state index in [2.05, 4.69) is 20.6 Å². The van der Waals surface area contributed by atoms with Gasteiger partial charge in [-0.15, -0.1) is 0 Å². The number of aromatic nitrogens is 2. The predicted molar refractivity (Wildman–Crippen MR) is 101 cm³/mol. The van der Waals surface area contributed by atoms with Crippen LogP contribution in [-0.4, -0.2) is 27.5 Å². The van der Waals surface area contributed by atoms with Gasteiger partial charge in [0, 0.05) is 18.3 Å². The molecule has 2 aromatic carbocycles. The molecule has 6 nitrogen and oxygen atoms in total. The van der Waals surface area contributed by atoms with Crippen molar-refractivity contribution in [2.75, 3.05) is 16.4 Å². The Kier molecular flexibility index (Phi) is 5.04. The molecule has 0 spiro atoms. The first-order valence-corrected chi connectivity index (χ1v) is 8.75. The van der Waals surface area contributed by atoms with Gasteiger partial charge in [0.25, 0.3) is 0 Å². The minimum atomic E-state index is -0.154. The van der Waals surface area contributed by atoms with Crippen molar-refractivity contribution in [3.05, 3.63) is 48.0 Å². The van der Waals surface area contributed by atoms with Crippen LogP contribution in [0.5, 0.6) is 0 Å². The number of carbonyl (C=O) groups is 2. The van der Waals surface area contributed by atoms with Crippen molar-refractivity contribution in [3.63, 3.8) is 0 Å². The van der Waals surface area contributed by atoms with E-state index < -0.39 is 0 Å². The smallest absolute Gasteiger partial charge is 0.234 e. The maximum Gasteiger partial charge on any atom is 0.234 e. The molecule has 0 radical (unpaired) electrons. The van der Waals surface area contributed by atoms with Crippen LogP contribution in [0.1, 0.15) is 12.5 Å². The largest absolute Gasteiger partial charge is 0.333 e. The number of aromatic amines is 1. The Bertz CT molecular complexity index is 936. The summed E-state index contributed by atoms with van der Waals surface area (Å²) in [6, 6.07) is 13.0. The van der Waals surface area contributed by atoms with Crippen molar-refractivity contribution >= 4 is 46.0 Å². The number of imidazole rings is 1. The first-order chi connectivity index (χ1) is 12.0. The molecule has 3 aromatic rings. The normalized spacial score (nSPS) is 10.6. The van der Waals surface area contributed by atoms with E-state index in [-0.39, 0.29) is 17.6 Å². The van der Waals surface area contributed by atoms with Gasteiger partial charge in [0.15, 0.2) is 5.16 Å². The van der Waals surface area contributed by atoms with Gasteiger partial charge in [-0.3, -0.25) is 9.59 Å². The number of benzene rings is 2. The van der Waals surface area contributed by atoms with Crippen molar-refractivity contribution < 1.29 is 9.59 Å². The summed E-state index contributed by atoms with van der Waals surface area (Å²) in [4.78, 5) is 30.9. The summed E-state index contributed by atoms with van der Waals surface area (Å²) in [5, 5.41) is 6.21. The van der Waals surface area contributed by atoms with Gasteiger partial charge in [-0.25, -0.2) is 4.98 Å². The maximum atomic E-state index is 12.1. The lowest BCUT2D eigenvalue weighted by molar-refractivity contribution is -0.114. The molecule has 0 aliphatic heterocycles. The Labute approximate surface area is 149 Å². The van der Waals surface area contributed by atoms with Crippen LogP contribution in [0.25, 0.3) is 11.0 Å². The third-order valence-electron chi connectivity index (χ3n) is 3.42. The molecule has 2 amide bonds. The maximum absolute atomic E-state index is 12.1. The standard InChI is InChI=1S/C18H18N4O2S/c1-11-6-7-15-16(8-11)22-18(21-15)25-10-17(24)20-14-5-3-4-13(9-14)19-12(2)23/h3-9H,10H2,1-2H3,(H,19,23)(H,20,24)(H,21,22). The van der Waals surface area contributed by atoms with Crippen LogP contribution < -0.4 is 10.6 Å². The Hall–Kier alpha value is -2.80. The second kappa shape index (κ2) is 7.40. The zero-order chi connectivity index (χ0) is 17.8. The van der Waals surface area contributed by atoms with Gasteiger partial charge >= 0.3 is 0 Å². The number of aryl methyl sites for hydroxylation is 1. The van der Waals surface area contributed by atoms with Crippen LogP contribution in [0.2, 0.25) is 0 Å². The molecule has 3 N–H and O–H groups in total. The number of nitrogens with zero attached hydrogens (tertiary/aromatic N) is 1. The topological polar surface area (TPSA) is 86.9 Å². The van der Waals surface area contributed by atoms with Crippen LogP contribution in [0.3, 0.4) is 0 Å². The van der Waals surface area contributed by atoms with Crippen LogP contribution in [0.4, 0.5) is 11.4 Å². The number of hydrogen-bond donors (Lipinski definition) is 3. The number of rotatable bonds is 5. The highest BCUT2D eigenvalue weighted by Crippen LogP contribution is 2.21. The van der Waals surface area contributed by atoms with E-state index >= 15 is 0 Å². The van der Waals surface area contributed by atoms with E-state index in [0.29, 0.717) is 16.5 Å². The molecule has 25 heavy (non-hydrogen) atoms. The summed E-state index contributed by atoms with van der Waals surface area (Å²) in [5.41, 5.74) is 4.29. The van der Waals surface area contributed by atoms with Gasteiger partial charge in [0.2, 0.25) is 11.8 Å². The highest BCUT2D eigenvalue weighted by Gasteiger charge is 2.08.